The van der Waals surface area contributed by atoms with Gasteiger partial charge in [-0.25, -0.2) is 0 Å². The fraction of sp³-hybridized carbons (Fsp3) is 0.292. The summed E-state index contributed by atoms with van der Waals surface area (Å²) in [6.45, 7) is 9.62. The zero-order chi connectivity index (χ0) is 21.5. The van der Waals surface area contributed by atoms with Crippen LogP contribution in [-0.4, -0.2) is 28.2 Å². The number of nitrogens with zero attached hydrogens (tertiary/aromatic N) is 3. The first-order chi connectivity index (χ1) is 14.5. The summed E-state index contributed by atoms with van der Waals surface area (Å²) in [6, 6.07) is 17.1. The maximum absolute atomic E-state index is 12.7. The molecule has 6 heteroatoms. The van der Waals surface area contributed by atoms with Crippen molar-refractivity contribution < 1.29 is 4.79 Å². The van der Waals surface area contributed by atoms with Crippen molar-refractivity contribution in [3.05, 3.63) is 82.7 Å². The number of para-hydroxylation sites is 1. The molecule has 0 saturated carbocycles. The first kappa shape index (κ1) is 21.3. The second-order valence-corrected chi connectivity index (χ2v) is 7.21. The van der Waals surface area contributed by atoms with E-state index in [1.165, 1.54) is 11.3 Å². The van der Waals surface area contributed by atoms with E-state index >= 15 is 0 Å². The van der Waals surface area contributed by atoms with Crippen molar-refractivity contribution in [1.29, 1.82) is 0 Å². The predicted octanol–water partition coefficient (Wildman–Crippen LogP) is 4.27. The molecular weight excluding hydrogens is 374 g/mol. The molecule has 0 aliphatic carbocycles. The second-order valence-electron chi connectivity index (χ2n) is 7.21. The highest BCUT2D eigenvalue weighted by molar-refractivity contribution is 6.10. The van der Waals surface area contributed by atoms with E-state index in [0.717, 1.165) is 29.9 Å². The summed E-state index contributed by atoms with van der Waals surface area (Å²) in [4.78, 5) is 17.3. The van der Waals surface area contributed by atoms with Crippen molar-refractivity contribution in [1.82, 2.24) is 15.1 Å². The van der Waals surface area contributed by atoms with E-state index in [9.17, 15) is 4.79 Å². The van der Waals surface area contributed by atoms with Crippen LogP contribution in [0.2, 0.25) is 0 Å². The number of aromatic nitrogens is 2. The molecule has 3 aromatic rings. The minimum absolute atomic E-state index is 0.193. The quantitative estimate of drug-likeness (QED) is 0.477. The zero-order valence-corrected chi connectivity index (χ0v) is 18.1. The summed E-state index contributed by atoms with van der Waals surface area (Å²) in [5, 5.41) is 10.8. The molecule has 2 aromatic carbocycles. The number of aryl methyl sites for hydroxylation is 3. The molecule has 0 spiro atoms. The third-order valence-corrected chi connectivity index (χ3v) is 5.13. The van der Waals surface area contributed by atoms with Gasteiger partial charge < -0.3 is 5.32 Å². The van der Waals surface area contributed by atoms with Crippen LogP contribution in [0.3, 0.4) is 0 Å². The Hall–Kier alpha value is -3.41. The number of nitrogens with one attached hydrogen (secondary N) is 2. The Bertz CT molecular complexity index is 1040. The van der Waals surface area contributed by atoms with Crippen molar-refractivity contribution >= 4 is 17.6 Å². The Kier molecular flexibility index (Phi) is 7.01. The number of rotatable bonds is 6. The molecule has 0 bridgehead atoms. The molecule has 0 aliphatic rings. The fourth-order valence-electron chi connectivity index (χ4n) is 3.40. The van der Waals surface area contributed by atoms with Crippen LogP contribution in [0.1, 0.15) is 39.8 Å². The summed E-state index contributed by atoms with van der Waals surface area (Å²) < 4.78 is 2.01. The van der Waals surface area contributed by atoms with E-state index < -0.39 is 0 Å². The number of carbonyl (C=O) groups excluding carboxylic acids is 1. The Balaban J connectivity index is 1.78. The molecule has 1 amide bonds. The number of benzene rings is 2. The number of anilines is 1. The molecule has 30 heavy (non-hydrogen) atoms. The topological polar surface area (TPSA) is 71.3 Å². The van der Waals surface area contributed by atoms with E-state index in [1.807, 2.05) is 61.0 Å². The molecule has 0 fully saturated rings. The summed E-state index contributed by atoms with van der Waals surface area (Å²) in [6.07, 6.45) is 0.762. The third kappa shape index (κ3) is 5.14. The van der Waals surface area contributed by atoms with Crippen LogP contribution < -0.4 is 10.6 Å². The van der Waals surface area contributed by atoms with Crippen LogP contribution in [0.4, 0.5) is 5.69 Å². The van der Waals surface area contributed by atoms with Gasteiger partial charge >= 0.3 is 0 Å². The molecular formula is C24H29N5O. The summed E-state index contributed by atoms with van der Waals surface area (Å²) >= 11 is 0. The van der Waals surface area contributed by atoms with Gasteiger partial charge in [-0.3, -0.25) is 19.8 Å². The Morgan fingerprint density at radius 3 is 2.40 bits per heavy atom. The van der Waals surface area contributed by atoms with Gasteiger partial charge in [-0.15, -0.1) is 0 Å². The molecule has 0 aliphatic heterocycles. The SMILES string of the molecule is CCn1nc(C)c(CCN=C(NC(=O)c2ccccc2)Nc2ccccc2C)c1C. The van der Waals surface area contributed by atoms with Crippen LogP contribution in [-0.2, 0) is 13.0 Å². The zero-order valence-electron chi connectivity index (χ0n) is 18.1. The van der Waals surface area contributed by atoms with Crippen LogP contribution in [0, 0.1) is 20.8 Å². The van der Waals surface area contributed by atoms with E-state index in [2.05, 4.69) is 34.6 Å². The van der Waals surface area contributed by atoms with Crippen molar-refractivity contribution in [2.45, 2.75) is 40.7 Å². The van der Waals surface area contributed by atoms with Gasteiger partial charge in [0.1, 0.15) is 0 Å². The number of hydrogen-bond acceptors (Lipinski definition) is 3. The number of guanidine groups is 1. The smallest absolute Gasteiger partial charge is 0.257 e. The molecule has 1 heterocycles. The highest BCUT2D eigenvalue weighted by Gasteiger charge is 2.12. The van der Waals surface area contributed by atoms with Gasteiger partial charge in [0.25, 0.3) is 5.91 Å². The summed E-state index contributed by atoms with van der Waals surface area (Å²) in [7, 11) is 0. The average molecular weight is 404 g/mol. The fourth-order valence-corrected chi connectivity index (χ4v) is 3.40. The largest absolute Gasteiger partial charge is 0.326 e. The lowest BCUT2D eigenvalue weighted by Gasteiger charge is -2.13. The first-order valence-corrected chi connectivity index (χ1v) is 10.3. The third-order valence-electron chi connectivity index (χ3n) is 5.13. The maximum Gasteiger partial charge on any atom is 0.257 e. The van der Waals surface area contributed by atoms with Crippen LogP contribution >= 0.6 is 0 Å². The molecule has 156 valence electrons. The van der Waals surface area contributed by atoms with Crippen LogP contribution in [0.5, 0.6) is 0 Å². The number of amides is 1. The molecule has 0 saturated heterocycles. The standard InChI is InChI=1S/C24H29N5O/c1-5-29-19(4)21(18(3)28-29)15-16-25-24(26-22-14-10-9-11-17(22)2)27-23(30)20-12-7-6-8-13-20/h6-14H,5,15-16H2,1-4H3,(H2,25,26,27,30). The average Bonchev–Trinajstić information content (AvgIpc) is 3.03. The van der Waals surface area contributed by atoms with Crippen molar-refractivity contribution in [2.75, 3.05) is 11.9 Å². The van der Waals surface area contributed by atoms with E-state index in [0.29, 0.717) is 18.1 Å². The molecule has 1 aromatic heterocycles. The minimum Gasteiger partial charge on any atom is -0.326 e. The molecule has 0 atom stereocenters. The second kappa shape index (κ2) is 9.87. The van der Waals surface area contributed by atoms with E-state index in [1.54, 1.807) is 12.1 Å². The first-order valence-electron chi connectivity index (χ1n) is 10.3. The maximum atomic E-state index is 12.7. The Morgan fingerprint density at radius 2 is 1.73 bits per heavy atom. The molecule has 0 radical (unpaired) electrons. The van der Waals surface area contributed by atoms with Gasteiger partial charge in [0.2, 0.25) is 5.96 Å². The summed E-state index contributed by atoms with van der Waals surface area (Å²) in [5.74, 6) is 0.248. The highest BCUT2D eigenvalue weighted by Crippen LogP contribution is 2.15. The van der Waals surface area contributed by atoms with Crippen LogP contribution in [0.15, 0.2) is 59.6 Å². The molecule has 2 N–H and O–H groups in total. The molecule has 3 rings (SSSR count). The van der Waals surface area contributed by atoms with Gasteiger partial charge in [-0.1, -0.05) is 36.4 Å². The van der Waals surface area contributed by atoms with Crippen molar-refractivity contribution in [3.8, 4) is 0 Å². The minimum atomic E-state index is -0.193. The molecule has 0 unspecified atom stereocenters. The molecule has 6 nitrogen and oxygen atoms in total. The van der Waals surface area contributed by atoms with Gasteiger partial charge in [-0.2, -0.15) is 5.10 Å². The lowest BCUT2D eigenvalue weighted by Crippen LogP contribution is -2.36. The highest BCUT2D eigenvalue weighted by atomic mass is 16.1. The Morgan fingerprint density at radius 1 is 1.03 bits per heavy atom. The van der Waals surface area contributed by atoms with E-state index in [4.69, 9.17) is 0 Å². The van der Waals surface area contributed by atoms with Gasteiger partial charge in [0.05, 0.1) is 5.69 Å². The Labute approximate surface area is 178 Å². The van der Waals surface area contributed by atoms with Gasteiger partial charge in [0, 0.05) is 30.0 Å². The monoisotopic (exact) mass is 403 g/mol. The number of hydrogen-bond donors (Lipinski definition) is 2. The van der Waals surface area contributed by atoms with Gasteiger partial charge in [-0.05, 0) is 63.4 Å². The normalized spacial score (nSPS) is 11.4. The van der Waals surface area contributed by atoms with Crippen molar-refractivity contribution in [3.63, 3.8) is 0 Å². The lowest BCUT2D eigenvalue weighted by molar-refractivity contribution is 0.0977. The van der Waals surface area contributed by atoms with Gasteiger partial charge in [0.15, 0.2) is 0 Å². The lowest BCUT2D eigenvalue weighted by atomic mass is 10.1. The predicted molar refractivity (Wildman–Crippen MR) is 122 cm³/mol. The number of carbonyl (C=O) groups is 1. The summed E-state index contributed by atoms with van der Waals surface area (Å²) in [5.41, 5.74) is 6.00. The van der Waals surface area contributed by atoms with Crippen molar-refractivity contribution in [2.24, 2.45) is 4.99 Å². The van der Waals surface area contributed by atoms with Crippen LogP contribution in [0.25, 0.3) is 0 Å². The number of aliphatic imine (C=N–C) groups is 1. The van der Waals surface area contributed by atoms with E-state index in [-0.39, 0.29) is 5.91 Å².